The number of hydrogen-bond acceptors (Lipinski definition) is 4. The van der Waals surface area contributed by atoms with Gasteiger partial charge in [0.05, 0.1) is 11.5 Å². The highest BCUT2D eigenvalue weighted by atomic mass is 16.7. The van der Waals surface area contributed by atoms with Gasteiger partial charge in [-0.2, -0.15) is 0 Å². The molecule has 134 valence electrons. The third-order valence-electron chi connectivity index (χ3n) is 6.13. The fraction of sp³-hybridized carbons (Fsp3) is 0.400. The van der Waals surface area contributed by atoms with Gasteiger partial charge in [-0.25, -0.2) is 0 Å². The normalized spacial score (nSPS) is 27.7. The number of aliphatic hydroxyl groups is 1. The Morgan fingerprint density at radius 3 is 2.81 bits per heavy atom. The monoisotopic (exact) mass is 355 g/mol. The lowest BCUT2D eigenvalue weighted by Gasteiger charge is -2.44. The summed E-state index contributed by atoms with van der Waals surface area (Å²) < 4.78 is 21.3. The van der Waals surface area contributed by atoms with Crippen LogP contribution in [0.25, 0.3) is 0 Å². The molecule has 0 saturated carbocycles. The summed E-state index contributed by atoms with van der Waals surface area (Å²) in [5.74, 6) is 3.61. The van der Waals surface area contributed by atoms with Crippen molar-refractivity contribution in [1.82, 2.24) is 4.90 Å². The first kappa shape index (κ1) is 14.7. The van der Waals surface area contributed by atoms with Gasteiger partial charge in [-0.05, 0) is 41.9 Å². The van der Waals surface area contributed by atoms with Crippen LogP contribution < -0.4 is 14.2 Å². The molecule has 0 aromatic heterocycles. The van der Waals surface area contributed by atoms with Crippen LogP contribution in [0.1, 0.15) is 34.2 Å². The van der Waals surface area contributed by atoms with Crippen LogP contribution in [-0.2, 0) is 13.0 Å². The largest absolute Gasteiger partial charge is 0.551 e. The van der Waals surface area contributed by atoms with E-state index in [9.17, 15) is 0 Å². The Bertz CT molecular complexity index is 925. The minimum Gasteiger partial charge on any atom is -0.551 e. The Hall–Kier alpha value is -2.44. The van der Waals surface area contributed by atoms with Crippen LogP contribution >= 0.6 is 0 Å². The first-order chi connectivity index (χ1) is 12.7. The number of aromatic hydroxyl groups is 1. The van der Waals surface area contributed by atoms with Crippen molar-refractivity contribution >= 4 is 0 Å². The van der Waals surface area contributed by atoms with Crippen LogP contribution in [0, 0.1) is 0 Å². The van der Waals surface area contributed by atoms with Gasteiger partial charge in [-0.1, -0.05) is 6.07 Å². The first-order valence-corrected chi connectivity index (χ1v) is 9.00. The SMILES string of the molecule is CN1Cc2c(ccc3c2[OH+]CO3)C2C([OH2+])Cc3cc4c(cc3[C@H]21)OCO4. The van der Waals surface area contributed by atoms with Gasteiger partial charge in [0.1, 0.15) is 0 Å². The van der Waals surface area contributed by atoms with Gasteiger partial charge in [0.2, 0.25) is 12.5 Å². The van der Waals surface area contributed by atoms with Gasteiger partial charge >= 0.3 is 12.5 Å². The summed E-state index contributed by atoms with van der Waals surface area (Å²) in [4.78, 5) is 2.35. The standard InChI is InChI=1S/C20H19NO5/c1-21-7-13-11(2-3-15-20(13)26-9-23-15)18-14(22)4-10-5-16-17(25-8-24-16)6-12(10)19(18)21/h2-3,5-6,14,18-19,22H,4,7-9H2,1H3/p+2/t14?,18?,19-/m1/s1. The van der Waals surface area contributed by atoms with Gasteiger partial charge < -0.3 is 24.1 Å². The van der Waals surface area contributed by atoms with Crippen molar-refractivity contribution in [2.45, 2.75) is 31.0 Å². The highest BCUT2D eigenvalue weighted by molar-refractivity contribution is 5.57. The maximum Gasteiger partial charge on any atom is 0.327 e. The first-order valence-electron chi connectivity index (χ1n) is 9.00. The Morgan fingerprint density at radius 1 is 1.08 bits per heavy atom. The van der Waals surface area contributed by atoms with Crippen LogP contribution in [0.5, 0.6) is 23.0 Å². The van der Waals surface area contributed by atoms with Crippen LogP contribution in [0.4, 0.5) is 0 Å². The Morgan fingerprint density at radius 2 is 1.92 bits per heavy atom. The summed E-state index contributed by atoms with van der Waals surface area (Å²) in [7, 11) is 2.14. The van der Waals surface area contributed by atoms with E-state index in [0.29, 0.717) is 6.79 Å². The van der Waals surface area contributed by atoms with Crippen LogP contribution in [0.15, 0.2) is 24.3 Å². The zero-order valence-corrected chi connectivity index (χ0v) is 14.5. The molecule has 26 heavy (non-hydrogen) atoms. The minimum atomic E-state index is -0.199. The predicted octanol–water partition coefficient (Wildman–Crippen LogP) is 1.93. The summed E-state index contributed by atoms with van der Waals surface area (Å²) in [5, 5.41) is 8.88. The van der Waals surface area contributed by atoms with Crippen molar-refractivity contribution in [2.24, 2.45) is 0 Å². The molecule has 3 heterocycles. The van der Waals surface area contributed by atoms with Crippen LogP contribution in [0.2, 0.25) is 0 Å². The molecule has 1 aliphatic carbocycles. The Balaban J connectivity index is 1.53. The smallest absolute Gasteiger partial charge is 0.327 e. The molecule has 0 bridgehead atoms. The number of ether oxygens (including phenoxy) is 4. The van der Waals surface area contributed by atoms with Gasteiger partial charge in [-0.15, -0.1) is 0 Å². The maximum absolute atomic E-state index is 8.88. The molecular weight excluding hydrogens is 334 g/mol. The van der Waals surface area contributed by atoms with E-state index in [4.69, 9.17) is 19.3 Å². The van der Waals surface area contributed by atoms with Crippen molar-refractivity contribution in [2.75, 3.05) is 20.6 Å². The van der Waals surface area contributed by atoms with E-state index in [1.54, 1.807) is 0 Å². The quantitative estimate of drug-likeness (QED) is 0.677. The van der Waals surface area contributed by atoms with Crippen LogP contribution in [0.3, 0.4) is 0 Å². The molecule has 0 saturated heterocycles. The third-order valence-corrected chi connectivity index (χ3v) is 6.13. The number of benzene rings is 2. The lowest BCUT2D eigenvalue weighted by atomic mass is 9.70. The molecule has 0 spiro atoms. The minimum absolute atomic E-state index is 0.123. The number of rotatable bonds is 0. The number of fused-ring (bicyclic) bond motifs is 8. The molecular formula is C20H21NO5+2. The van der Waals surface area contributed by atoms with Crippen molar-refractivity contribution in [3.8, 4) is 23.0 Å². The number of hydrogen-bond donors (Lipinski definition) is 0. The van der Waals surface area contributed by atoms with Crippen molar-refractivity contribution < 1.29 is 24.1 Å². The maximum atomic E-state index is 8.88. The molecule has 6 heteroatoms. The topological polar surface area (TPSA) is 66.6 Å². The fourth-order valence-corrected chi connectivity index (χ4v) is 5.04. The summed E-state index contributed by atoms with van der Waals surface area (Å²) in [6, 6.07) is 8.55. The van der Waals surface area contributed by atoms with Crippen LogP contribution in [-0.4, -0.2) is 41.5 Å². The van der Waals surface area contributed by atoms with Gasteiger partial charge in [0, 0.05) is 19.0 Å². The molecule has 0 amide bonds. The molecule has 6 rings (SSSR count). The van der Waals surface area contributed by atoms with E-state index in [2.05, 4.69) is 34.9 Å². The van der Waals surface area contributed by atoms with E-state index in [0.717, 1.165) is 36.0 Å². The molecule has 3 aliphatic heterocycles. The average Bonchev–Trinajstić information content (AvgIpc) is 3.28. The van der Waals surface area contributed by atoms with E-state index in [-0.39, 0.29) is 24.9 Å². The van der Waals surface area contributed by atoms with E-state index in [1.165, 1.54) is 22.3 Å². The highest BCUT2D eigenvalue weighted by Gasteiger charge is 2.48. The van der Waals surface area contributed by atoms with Crippen molar-refractivity contribution in [3.05, 3.63) is 46.5 Å². The third kappa shape index (κ3) is 1.83. The molecule has 0 fully saturated rings. The lowest BCUT2D eigenvalue weighted by Crippen LogP contribution is -2.43. The Labute approximate surface area is 150 Å². The van der Waals surface area contributed by atoms with Gasteiger partial charge in [0.25, 0.3) is 0 Å². The second-order valence-electron chi connectivity index (χ2n) is 7.51. The molecule has 3 atom stereocenters. The molecule has 2 unspecified atom stereocenters. The molecule has 6 nitrogen and oxygen atoms in total. The molecule has 2 aromatic carbocycles. The second kappa shape index (κ2) is 5.05. The summed E-state index contributed by atoms with van der Waals surface area (Å²) in [6.45, 7) is 1.50. The zero-order chi connectivity index (χ0) is 17.4. The zero-order valence-electron chi connectivity index (χ0n) is 14.5. The summed E-state index contributed by atoms with van der Waals surface area (Å²) >= 11 is 0. The van der Waals surface area contributed by atoms with E-state index < -0.39 is 0 Å². The van der Waals surface area contributed by atoms with Crippen molar-refractivity contribution in [1.29, 1.82) is 0 Å². The number of nitrogens with zero attached hydrogens (tertiary/aromatic N) is 1. The second-order valence-corrected chi connectivity index (χ2v) is 7.51. The molecule has 2 aromatic rings. The highest BCUT2D eigenvalue weighted by Crippen LogP contribution is 2.54. The fourth-order valence-electron chi connectivity index (χ4n) is 5.04. The molecule has 4 aliphatic rings. The average molecular weight is 355 g/mol. The van der Waals surface area contributed by atoms with Crippen molar-refractivity contribution in [3.63, 3.8) is 0 Å². The van der Waals surface area contributed by atoms with E-state index >= 15 is 0 Å². The summed E-state index contributed by atoms with van der Waals surface area (Å²) in [6.07, 6.45) is 0.528. The molecule has 3 N–H and O–H groups in total. The van der Waals surface area contributed by atoms with Gasteiger partial charge in [0.15, 0.2) is 17.6 Å². The lowest BCUT2D eigenvalue weighted by molar-refractivity contribution is -0.00106. The Kier molecular flexibility index (Phi) is 2.86. The summed E-state index contributed by atoms with van der Waals surface area (Å²) in [5.41, 5.74) is 4.96. The molecule has 0 radical (unpaired) electrons. The number of likely N-dealkylation sites (N-methyl/N-ethyl adjacent to an activating group) is 1. The van der Waals surface area contributed by atoms with Gasteiger partial charge in [-0.3, -0.25) is 4.90 Å². The van der Waals surface area contributed by atoms with E-state index in [1.807, 2.05) is 6.07 Å². The predicted molar refractivity (Wildman–Crippen MR) is 94.2 cm³/mol.